The van der Waals surface area contributed by atoms with Gasteiger partial charge >= 0.3 is 0 Å². The van der Waals surface area contributed by atoms with E-state index in [4.69, 9.17) is 16.3 Å². The molecule has 4 heteroatoms. The van der Waals surface area contributed by atoms with Crippen LogP contribution in [0.3, 0.4) is 0 Å². The van der Waals surface area contributed by atoms with Crippen molar-refractivity contribution in [3.05, 3.63) is 53.3 Å². The topological polar surface area (TPSA) is 42.4 Å². The molecule has 1 heterocycles. The van der Waals surface area contributed by atoms with Gasteiger partial charge in [0.1, 0.15) is 18.1 Å². The molecule has 3 nitrogen and oxygen atoms in total. The Hall–Kier alpha value is -1.74. The largest absolute Gasteiger partial charge is 0.508 e. The number of halogens is 1. The maximum atomic E-state index is 9.25. The second-order valence-corrected chi connectivity index (χ2v) is 3.66. The molecule has 1 aromatic heterocycles. The number of pyridine rings is 1. The Labute approximate surface area is 98.3 Å². The van der Waals surface area contributed by atoms with Crippen LogP contribution in [0.2, 0.25) is 5.02 Å². The Bertz CT molecular complexity index is 488. The van der Waals surface area contributed by atoms with E-state index in [0.717, 1.165) is 5.56 Å². The molecule has 0 atom stereocenters. The van der Waals surface area contributed by atoms with Crippen molar-refractivity contribution < 1.29 is 9.84 Å². The summed E-state index contributed by atoms with van der Waals surface area (Å²) in [6, 6.07) is 8.43. The number of phenolic OH excluding ortho intramolecular Hbond substituents is 1. The van der Waals surface area contributed by atoms with Crippen molar-refractivity contribution in [1.82, 2.24) is 4.98 Å². The lowest BCUT2D eigenvalue weighted by Gasteiger charge is -2.07. The third-order valence-corrected chi connectivity index (χ3v) is 2.41. The molecular formula is C12H10ClNO2. The van der Waals surface area contributed by atoms with Gasteiger partial charge in [-0.2, -0.15) is 0 Å². The molecule has 0 aliphatic carbocycles. The Morgan fingerprint density at radius 1 is 1.31 bits per heavy atom. The lowest BCUT2D eigenvalue weighted by atomic mass is 10.3. The normalized spacial score (nSPS) is 10.1. The first-order valence-corrected chi connectivity index (χ1v) is 5.14. The molecule has 82 valence electrons. The van der Waals surface area contributed by atoms with Crippen LogP contribution in [-0.2, 0) is 6.61 Å². The summed E-state index contributed by atoms with van der Waals surface area (Å²) in [5, 5.41) is 9.82. The van der Waals surface area contributed by atoms with Crippen molar-refractivity contribution in [2.24, 2.45) is 0 Å². The Kier molecular flexibility index (Phi) is 3.27. The highest BCUT2D eigenvalue weighted by Gasteiger charge is 2.01. The van der Waals surface area contributed by atoms with Crippen molar-refractivity contribution >= 4 is 11.6 Å². The number of phenols is 1. The highest BCUT2D eigenvalue weighted by atomic mass is 35.5. The van der Waals surface area contributed by atoms with E-state index in [1.807, 2.05) is 0 Å². The van der Waals surface area contributed by atoms with Gasteiger partial charge in [0.05, 0.1) is 5.02 Å². The van der Waals surface area contributed by atoms with E-state index in [0.29, 0.717) is 17.4 Å². The van der Waals surface area contributed by atoms with Crippen LogP contribution in [0.15, 0.2) is 42.7 Å². The Morgan fingerprint density at radius 2 is 2.19 bits per heavy atom. The molecule has 0 saturated carbocycles. The fraction of sp³-hybridized carbons (Fsp3) is 0.0833. The highest BCUT2D eigenvalue weighted by molar-refractivity contribution is 6.31. The van der Waals surface area contributed by atoms with Crippen LogP contribution in [-0.4, -0.2) is 10.1 Å². The molecule has 0 fully saturated rings. The van der Waals surface area contributed by atoms with E-state index in [9.17, 15) is 5.11 Å². The fourth-order valence-electron chi connectivity index (χ4n) is 1.26. The van der Waals surface area contributed by atoms with Gasteiger partial charge in [0, 0.05) is 24.0 Å². The van der Waals surface area contributed by atoms with Gasteiger partial charge in [0.2, 0.25) is 0 Å². The summed E-state index contributed by atoms with van der Waals surface area (Å²) in [6.45, 7) is 0.352. The number of aromatic nitrogens is 1. The minimum atomic E-state index is 0.179. The SMILES string of the molecule is Oc1cccc(OCc2ccncc2Cl)c1. The van der Waals surface area contributed by atoms with E-state index in [1.54, 1.807) is 42.7 Å². The molecule has 0 saturated heterocycles. The molecule has 0 unspecified atom stereocenters. The number of rotatable bonds is 3. The first kappa shape index (κ1) is 10.8. The highest BCUT2D eigenvalue weighted by Crippen LogP contribution is 2.20. The van der Waals surface area contributed by atoms with E-state index >= 15 is 0 Å². The lowest BCUT2D eigenvalue weighted by molar-refractivity contribution is 0.304. The van der Waals surface area contributed by atoms with Gasteiger partial charge in [-0.1, -0.05) is 17.7 Å². The predicted octanol–water partition coefficient (Wildman–Crippen LogP) is 3.02. The minimum absolute atomic E-state index is 0.179. The zero-order valence-electron chi connectivity index (χ0n) is 8.43. The summed E-state index contributed by atoms with van der Waals surface area (Å²) < 4.78 is 5.48. The number of benzene rings is 1. The third kappa shape index (κ3) is 2.64. The van der Waals surface area contributed by atoms with Gasteiger partial charge < -0.3 is 9.84 Å². The molecule has 16 heavy (non-hydrogen) atoms. The molecular weight excluding hydrogens is 226 g/mol. The van der Waals surface area contributed by atoms with Crippen LogP contribution in [0.4, 0.5) is 0 Å². The maximum Gasteiger partial charge on any atom is 0.123 e. The van der Waals surface area contributed by atoms with Gasteiger partial charge in [-0.3, -0.25) is 4.98 Å². The van der Waals surface area contributed by atoms with Crippen molar-refractivity contribution in [3.8, 4) is 11.5 Å². The first-order valence-electron chi connectivity index (χ1n) is 4.76. The average Bonchev–Trinajstić information content (AvgIpc) is 2.28. The van der Waals surface area contributed by atoms with Crippen LogP contribution in [0.1, 0.15) is 5.56 Å². The minimum Gasteiger partial charge on any atom is -0.508 e. The summed E-state index contributed by atoms with van der Waals surface area (Å²) in [4.78, 5) is 3.89. The van der Waals surface area contributed by atoms with Crippen LogP contribution in [0.25, 0.3) is 0 Å². The summed E-state index contributed by atoms with van der Waals surface area (Å²) in [5.41, 5.74) is 0.861. The van der Waals surface area contributed by atoms with E-state index in [-0.39, 0.29) is 5.75 Å². The summed E-state index contributed by atoms with van der Waals surface area (Å²) in [7, 11) is 0. The summed E-state index contributed by atoms with van der Waals surface area (Å²) in [5.74, 6) is 0.784. The molecule has 0 aliphatic rings. The molecule has 1 N–H and O–H groups in total. The lowest BCUT2D eigenvalue weighted by Crippen LogP contribution is -1.96. The van der Waals surface area contributed by atoms with Gasteiger partial charge in [-0.05, 0) is 18.2 Å². The molecule has 0 amide bonds. The van der Waals surface area contributed by atoms with Gasteiger partial charge in [-0.25, -0.2) is 0 Å². The van der Waals surface area contributed by atoms with Gasteiger partial charge in [0.25, 0.3) is 0 Å². The number of hydrogen-bond acceptors (Lipinski definition) is 3. The number of aromatic hydroxyl groups is 1. The summed E-state index contributed by atoms with van der Waals surface area (Å²) in [6.07, 6.45) is 3.23. The van der Waals surface area contributed by atoms with E-state index in [1.165, 1.54) is 0 Å². The second kappa shape index (κ2) is 4.86. The molecule has 2 rings (SSSR count). The predicted molar refractivity (Wildman–Crippen MR) is 61.7 cm³/mol. The number of hydrogen-bond donors (Lipinski definition) is 1. The molecule has 0 radical (unpaired) electrons. The summed E-state index contributed by atoms with van der Waals surface area (Å²) >= 11 is 5.93. The molecule has 1 aromatic carbocycles. The van der Waals surface area contributed by atoms with E-state index in [2.05, 4.69) is 4.98 Å². The number of ether oxygens (including phenoxy) is 1. The Morgan fingerprint density at radius 3 is 2.94 bits per heavy atom. The third-order valence-electron chi connectivity index (χ3n) is 2.07. The standard InChI is InChI=1S/C12H10ClNO2/c13-12-7-14-5-4-9(12)8-16-11-3-1-2-10(15)6-11/h1-7,15H,8H2. The fourth-order valence-corrected chi connectivity index (χ4v) is 1.43. The zero-order chi connectivity index (χ0) is 11.4. The number of nitrogens with zero attached hydrogens (tertiary/aromatic N) is 1. The van der Waals surface area contributed by atoms with Crippen LogP contribution < -0.4 is 4.74 Å². The smallest absolute Gasteiger partial charge is 0.123 e. The van der Waals surface area contributed by atoms with Crippen molar-refractivity contribution in [3.63, 3.8) is 0 Å². The second-order valence-electron chi connectivity index (χ2n) is 3.25. The monoisotopic (exact) mass is 235 g/mol. The quantitative estimate of drug-likeness (QED) is 0.889. The molecule has 0 bridgehead atoms. The van der Waals surface area contributed by atoms with E-state index < -0.39 is 0 Å². The van der Waals surface area contributed by atoms with Crippen LogP contribution in [0.5, 0.6) is 11.5 Å². The maximum absolute atomic E-state index is 9.25. The Balaban J connectivity index is 2.05. The first-order chi connectivity index (χ1) is 7.75. The van der Waals surface area contributed by atoms with Crippen molar-refractivity contribution in [1.29, 1.82) is 0 Å². The molecule has 0 spiro atoms. The van der Waals surface area contributed by atoms with Crippen LogP contribution >= 0.6 is 11.6 Å². The molecule has 2 aromatic rings. The van der Waals surface area contributed by atoms with Gasteiger partial charge in [0.15, 0.2) is 0 Å². The van der Waals surface area contributed by atoms with Crippen molar-refractivity contribution in [2.75, 3.05) is 0 Å². The average molecular weight is 236 g/mol. The van der Waals surface area contributed by atoms with Crippen molar-refractivity contribution in [2.45, 2.75) is 6.61 Å². The van der Waals surface area contributed by atoms with Crippen LogP contribution in [0, 0.1) is 0 Å². The molecule has 0 aliphatic heterocycles. The zero-order valence-corrected chi connectivity index (χ0v) is 9.19. The van der Waals surface area contributed by atoms with Gasteiger partial charge in [-0.15, -0.1) is 0 Å².